The average molecular weight is 418 g/mol. The maximum Gasteiger partial charge on any atom is 0.331 e. The van der Waals surface area contributed by atoms with Crippen molar-refractivity contribution in [1.82, 2.24) is 0 Å². The second-order valence-corrected chi connectivity index (χ2v) is 7.39. The van der Waals surface area contributed by atoms with E-state index in [-0.39, 0.29) is 12.5 Å². The summed E-state index contributed by atoms with van der Waals surface area (Å²) in [7, 11) is 1.63. The summed E-state index contributed by atoms with van der Waals surface area (Å²) in [5, 5.41) is 4.82. The van der Waals surface area contributed by atoms with Gasteiger partial charge in [-0.05, 0) is 70.6 Å². The summed E-state index contributed by atoms with van der Waals surface area (Å²) in [5.41, 5.74) is 2.77. The van der Waals surface area contributed by atoms with Gasteiger partial charge < -0.3 is 14.8 Å². The van der Waals surface area contributed by atoms with Gasteiger partial charge in [-0.15, -0.1) is 0 Å². The Hall–Kier alpha value is -3.60. The molecule has 0 aliphatic carbocycles. The molecule has 0 heterocycles. The van der Waals surface area contributed by atoms with Gasteiger partial charge in [-0.1, -0.05) is 44.2 Å². The van der Waals surface area contributed by atoms with E-state index in [1.807, 2.05) is 60.7 Å². The zero-order valence-electron chi connectivity index (χ0n) is 18.1. The molecule has 1 amide bonds. The number of ether oxygens (including phenoxy) is 2. The Labute approximate surface area is 182 Å². The third-order valence-corrected chi connectivity index (χ3v) is 5.20. The lowest BCUT2D eigenvalue weighted by Crippen LogP contribution is -2.20. The molecule has 1 N–H and O–H groups in total. The number of fused-ring (bicyclic) bond motifs is 1. The Morgan fingerprint density at radius 3 is 2.42 bits per heavy atom. The number of esters is 1. The maximum absolute atomic E-state index is 12.0. The van der Waals surface area contributed by atoms with Gasteiger partial charge in [-0.2, -0.15) is 0 Å². The first-order valence-electron chi connectivity index (χ1n) is 10.3. The molecule has 160 valence electrons. The molecule has 0 aliphatic heterocycles. The molecule has 3 rings (SSSR count). The van der Waals surface area contributed by atoms with Gasteiger partial charge in [0, 0.05) is 11.8 Å². The van der Waals surface area contributed by atoms with Crippen LogP contribution in [0.5, 0.6) is 5.75 Å². The van der Waals surface area contributed by atoms with Crippen LogP contribution in [-0.2, 0) is 14.3 Å². The summed E-state index contributed by atoms with van der Waals surface area (Å²) in [6.45, 7) is 3.96. The van der Waals surface area contributed by atoms with Crippen molar-refractivity contribution in [3.63, 3.8) is 0 Å². The van der Waals surface area contributed by atoms with E-state index in [1.54, 1.807) is 13.2 Å². The lowest BCUT2D eigenvalue weighted by atomic mass is 9.99. The third kappa shape index (κ3) is 6.19. The highest BCUT2D eigenvalue weighted by atomic mass is 16.5. The van der Waals surface area contributed by atoms with Crippen LogP contribution in [0, 0.1) is 0 Å². The molecule has 5 heteroatoms. The number of nitrogens with one attached hydrogen (secondary N) is 1. The van der Waals surface area contributed by atoms with Crippen LogP contribution in [0.25, 0.3) is 16.8 Å². The molecule has 3 aromatic carbocycles. The Morgan fingerprint density at radius 1 is 1.00 bits per heavy atom. The Bertz CT molecular complexity index is 1090. The monoisotopic (exact) mass is 417 g/mol. The van der Waals surface area contributed by atoms with E-state index in [0.717, 1.165) is 28.5 Å². The van der Waals surface area contributed by atoms with Crippen LogP contribution in [0.2, 0.25) is 0 Å². The van der Waals surface area contributed by atoms with Crippen molar-refractivity contribution < 1.29 is 19.1 Å². The lowest BCUT2D eigenvalue weighted by molar-refractivity contribution is -0.142. The molecule has 0 saturated heterocycles. The van der Waals surface area contributed by atoms with Gasteiger partial charge in [0.2, 0.25) is 0 Å². The van der Waals surface area contributed by atoms with Crippen LogP contribution >= 0.6 is 0 Å². The number of amides is 1. The minimum atomic E-state index is -0.572. The molecule has 0 saturated carbocycles. The summed E-state index contributed by atoms with van der Waals surface area (Å²) in [6.07, 6.45) is 4.04. The van der Waals surface area contributed by atoms with Gasteiger partial charge in [-0.25, -0.2) is 4.79 Å². The highest BCUT2D eigenvalue weighted by Crippen LogP contribution is 2.22. The quantitative estimate of drug-likeness (QED) is 0.385. The number of hydrogen-bond acceptors (Lipinski definition) is 4. The van der Waals surface area contributed by atoms with Crippen LogP contribution in [0.4, 0.5) is 5.69 Å². The molecule has 0 aromatic heterocycles. The zero-order chi connectivity index (χ0) is 22.2. The van der Waals surface area contributed by atoms with E-state index < -0.39 is 5.97 Å². The summed E-state index contributed by atoms with van der Waals surface area (Å²) in [5.74, 6) is 0.321. The Kier molecular flexibility index (Phi) is 7.44. The number of anilines is 1. The van der Waals surface area contributed by atoms with E-state index in [1.165, 1.54) is 11.6 Å². The van der Waals surface area contributed by atoms with Gasteiger partial charge in [0.05, 0.1) is 7.11 Å². The molecule has 31 heavy (non-hydrogen) atoms. The highest BCUT2D eigenvalue weighted by molar-refractivity contribution is 5.95. The minimum absolute atomic E-state index is 0.339. The number of carbonyl (C=O) groups excluding carboxylic acids is 2. The van der Waals surface area contributed by atoms with Crippen LogP contribution in [0.3, 0.4) is 0 Å². The fourth-order valence-corrected chi connectivity index (χ4v) is 3.15. The SMILES string of the molecule is CC[C@H](C)c1ccc(NC(=O)COC(=O)/C=C/c2ccc3cc(OC)ccc3c2)cc1. The maximum atomic E-state index is 12.0. The van der Waals surface area contributed by atoms with E-state index in [2.05, 4.69) is 19.2 Å². The van der Waals surface area contributed by atoms with Crippen molar-refractivity contribution in [2.75, 3.05) is 19.0 Å². The van der Waals surface area contributed by atoms with Crippen LogP contribution in [-0.4, -0.2) is 25.6 Å². The smallest absolute Gasteiger partial charge is 0.331 e. The number of methoxy groups -OCH3 is 1. The molecule has 3 aromatic rings. The van der Waals surface area contributed by atoms with E-state index in [0.29, 0.717) is 11.6 Å². The number of hydrogen-bond donors (Lipinski definition) is 1. The predicted octanol–water partition coefficient (Wildman–Crippen LogP) is 5.56. The largest absolute Gasteiger partial charge is 0.497 e. The van der Waals surface area contributed by atoms with Crippen molar-refractivity contribution >= 4 is 34.4 Å². The number of rotatable bonds is 8. The summed E-state index contributed by atoms with van der Waals surface area (Å²) < 4.78 is 10.3. The van der Waals surface area contributed by atoms with Crippen LogP contribution in [0.15, 0.2) is 66.7 Å². The second-order valence-electron chi connectivity index (χ2n) is 7.39. The first-order valence-corrected chi connectivity index (χ1v) is 10.3. The van der Waals surface area contributed by atoms with Gasteiger partial charge in [-0.3, -0.25) is 4.79 Å². The van der Waals surface area contributed by atoms with Gasteiger partial charge in [0.1, 0.15) is 5.75 Å². The van der Waals surface area contributed by atoms with Gasteiger partial charge in [0.25, 0.3) is 5.91 Å². The summed E-state index contributed by atoms with van der Waals surface area (Å²) in [6, 6.07) is 19.3. The first-order chi connectivity index (χ1) is 15.0. The molecule has 0 spiro atoms. The molecule has 0 aliphatic rings. The van der Waals surface area contributed by atoms with Crippen molar-refractivity contribution in [2.45, 2.75) is 26.2 Å². The lowest BCUT2D eigenvalue weighted by Gasteiger charge is -2.10. The van der Waals surface area contributed by atoms with Crippen molar-refractivity contribution in [3.05, 3.63) is 77.9 Å². The fraction of sp³-hybridized carbons (Fsp3) is 0.231. The van der Waals surface area contributed by atoms with Crippen molar-refractivity contribution in [1.29, 1.82) is 0 Å². The van der Waals surface area contributed by atoms with Crippen LogP contribution < -0.4 is 10.1 Å². The molecule has 1 atom stereocenters. The van der Waals surface area contributed by atoms with E-state index >= 15 is 0 Å². The molecule has 5 nitrogen and oxygen atoms in total. The van der Waals surface area contributed by atoms with E-state index in [9.17, 15) is 9.59 Å². The van der Waals surface area contributed by atoms with Gasteiger partial charge >= 0.3 is 5.97 Å². The highest BCUT2D eigenvalue weighted by Gasteiger charge is 2.07. The number of carbonyl (C=O) groups is 2. The summed E-state index contributed by atoms with van der Waals surface area (Å²) in [4.78, 5) is 24.0. The Balaban J connectivity index is 1.50. The molecule has 0 radical (unpaired) electrons. The van der Waals surface area contributed by atoms with Crippen molar-refractivity contribution in [2.24, 2.45) is 0 Å². The van der Waals surface area contributed by atoms with Crippen LogP contribution in [0.1, 0.15) is 37.3 Å². The van der Waals surface area contributed by atoms with E-state index in [4.69, 9.17) is 9.47 Å². The summed E-state index contributed by atoms with van der Waals surface area (Å²) >= 11 is 0. The predicted molar refractivity (Wildman–Crippen MR) is 124 cm³/mol. The minimum Gasteiger partial charge on any atom is -0.497 e. The first kappa shape index (κ1) is 22.1. The number of benzene rings is 3. The fourth-order valence-electron chi connectivity index (χ4n) is 3.15. The zero-order valence-corrected chi connectivity index (χ0v) is 18.1. The third-order valence-electron chi connectivity index (χ3n) is 5.20. The standard InChI is InChI=1S/C26H27NO4/c1-4-18(2)20-8-11-23(12-9-20)27-25(28)17-31-26(29)14-6-19-5-7-22-16-24(30-3)13-10-21(22)15-19/h5-16,18H,4,17H2,1-3H3,(H,27,28)/b14-6+/t18-/m0/s1. The molecule has 0 bridgehead atoms. The molecular weight excluding hydrogens is 390 g/mol. The normalized spacial score (nSPS) is 12.0. The Morgan fingerprint density at radius 2 is 1.71 bits per heavy atom. The second kappa shape index (κ2) is 10.4. The molecular formula is C26H27NO4. The molecule has 0 fully saturated rings. The van der Waals surface area contributed by atoms with Crippen molar-refractivity contribution in [3.8, 4) is 5.75 Å². The molecule has 0 unspecified atom stereocenters. The topological polar surface area (TPSA) is 64.6 Å². The average Bonchev–Trinajstić information content (AvgIpc) is 2.80. The van der Waals surface area contributed by atoms with Gasteiger partial charge in [0.15, 0.2) is 6.61 Å².